The normalized spacial score (nSPS) is 12.0. The van der Waals surface area contributed by atoms with Crippen molar-refractivity contribution in [3.8, 4) is 0 Å². The topological polar surface area (TPSA) is 24.1 Å². The zero-order chi connectivity index (χ0) is 13.5. The van der Waals surface area contributed by atoms with Crippen LogP contribution >= 0.6 is 0 Å². The van der Waals surface area contributed by atoms with E-state index in [0.29, 0.717) is 5.92 Å². The van der Waals surface area contributed by atoms with Gasteiger partial charge in [0.05, 0.1) is 6.04 Å². The van der Waals surface area contributed by atoms with Crippen LogP contribution in [-0.2, 0) is 0 Å². The Morgan fingerprint density at radius 1 is 1.17 bits per heavy atom. The van der Waals surface area contributed by atoms with E-state index in [1.807, 2.05) is 18.2 Å². The predicted octanol–water partition coefficient (Wildman–Crippen LogP) is 3.39. The molecule has 2 heteroatoms. The summed E-state index contributed by atoms with van der Waals surface area (Å²) in [5.41, 5.74) is 3.07. The minimum atomic E-state index is 0.192. The monoisotopic (exact) mass is 244 g/mol. The lowest BCUT2D eigenvalue weighted by molar-refractivity contribution is 0.478. The van der Waals surface area contributed by atoms with Crippen LogP contribution in [0.15, 0.2) is 49.2 Å². The van der Waals surface area contributed by atoms with Crippen molar-refractivity contribution < 1.29 is 0 Å². The molecule has 0 aliphatic carbocycles. The summed E-state index contributed by atoms with van der Waals surface area (Å²) in [6, 6.07) is 10.4. The molecule has 0 aliphatic heterocycles. The molecule has 0 saturated carbocycles. The van der Waals surface area contributed by atoms with Gasteiger partial charge in [0, 0.05) is 17.9 Å². The summed E-state index contributed by atoms with van der Waals surface area (Å²) in [7, 11) is 0. The lowest BCUT2D eigenvalue weighted by Gasteiger charge is -2.27. The number of likely N-dealkylation sites (N-methyl/N-ethyl adjacent to an activating group) is 1. The molecule has 0 aliphatic rings. The molecule has 0 radical (unpaired) electrons. The Morgan fingerprint density at radius 2 is 1.78 bits per heavy atom. The van der Waals surface area contributed by atoms with Gasteiger partial charge in [0.2, 0.25) is 0 Å². The first-order valence-corrected chi connectivity index (χ1v) is 6.49. The molecule has 98 valence electrons. The van der Waals surface area contributed by atoms with E-state index in [9.17, 15) is 0 Å². The van der Waals surface area contributed by atoms with Crippen LogP contribution in [0, 0.1) is 5.92 Å². The standard InChI is InChI=1S/C16H24N2/c1-6-17-14(5)16(12(2)3)18-13(4)15-10-8-7-9-11-15/h7-12,16-18H,4-6H2,1-3H3. The van der Waals surface area contributed by atoms with Crippen molar-refractivity contribution in [3.63, 3.8) is 0 Å². The molecule has 2 N–H and O–H groups in total. The molecule has 0 saturated heterocycles. The molecule has 1 rings (SSSR count). The summed E-state index contributed by atoms with van der Waals surface area (Å²) in [6.07, 6.45) is 0. The van der Waals surface area contributed by atoms with E-state index in [4.69, 9.17) is 0 Å². The molecular formula is C16H24N2. The zero-order valence-corrected chi connectivity index (χ0v) is 11.7. The maximum Gasteiger partial charge on any atom is 0.0676 e. The Hall–Kier alpha value is -1.70. The van der Waals surface area contributed by atoms with E-state index in [1.165, 1.54) is 0 Å². The second-order valence-electron chi connectivity index (χ2n) is 4.77. The van der Waals surface area contributed by atoms with Gasteiger partial charge in [0.25, 0.3) is 0 Å². The van der Waals surface area contributed by atoms with E-state index < -0.39 is 0 Å². The van der Waals surface area contributed by atoms with Crippen molar-refractivity contribution in [2.75, 3.05) is 6.54 Å². The Morgan fingerprint density at radius 3 is 2.28 bits per heavy atom. The summed E-state index contributed by atoms with van der Waals surface area (Å²) in [4.78, 5) is 0. The van der Waals surface area contributed by atoms with Gasteiger partial charge in [-0.2, -0.15) is 0 Å². The fraction of sp³-hybridized carbons (Fsp3) is 0.375. The smallest absolute Gasteiger partial charge is 0.0676 e. The largest absolute Gasteiger partial charge is 0.387 e. The minimum Gasteiger partial charge on any atom is -0.387 e. The highest BCUT2D eigenvalue weighted by atomic mass is 15.0. The lowest BCUT2D eigenvalue weighted by atomic mass is 10.00. The molecule has 1 aromatic carbocycles. The van der Waals surface area contributed by atoms with Crippen molar-refractivity contribution in [2.24, 2.45) is 5.92 Å². The Bertz CT molecular complexity index is 393. The fourth-order valence-corrected chi connectivity index (χ4v) is 1.90. The maximum atomic E-state index is 4.11. The van der Waals surface area contributed by atoms with E-state index >= 15 is 0 Å². The van der Waals surface area contributed by atoms with Gasteiger partial charge in [-0.1, -0.05) is 57.3 Å². The first-order chi connectivity index (χ1) is 8.56. The highest BCUT2D eigenvalue weighted by Gasteiger charge is 2.17. The van der Waals surface area contributed by atoms with Crippen LogP contribution in [0.4, 0.5) is 0 Å². The van der Waals surface area contributed by atoms with Crippen molar-refractivity contribution in [2.45, 2.75) is 26.8 Å². The average molecular weight is 244 g/mol. The number of nitrogens with one attached hydrogen (secondary N) is 2. The maximum absolute atomic E-state index is 4.11. The van der Waals surface area contributed by atoms with Crippen molar-refractivity contribution in [3.05, 3.63) is 54.8 Å². The van der Waals surface area contributed by atoms with E-state index in [0.717, 1.165) is 23.5 Å². The number of hydrogen-bond acceptors (Lipinski definition) is 2. The molecule has 0 fully saturated rings. The summed E-state index contributed by atoms with van der Waals surface area (Å²) in [6.45, 7) is 15.5. The molecule has 1 unspecified atom stereocenters. The molecule has 0 bridgehead atoms. The van der Waals surface area contributed by atoms with E-state index in [2.05, 4.69) is 56.7 Å². The van der Waals surface area contributed by atoms with E-state index in [1.54, 1.807) is 0 Å². The average Bonchev–Trinajstić information content (AvgIpc) is 2.36. The predicted molar refractivity (Wildman–Crippen MR) is 80.1 cm³/mol. The Balaban J connectivity index is 2.73. The highest BCUT2D eigenvalue weighted by Crippen LogP contribution is 2.15. The lowest BCUT2D eigenvalue weighted by Crippen LogP contribution is -2.38. The van der Waals surface area contributed by atoms with Gasteiger partial charge >= 0.3 is 0 Å². The summed E-state index contributed by atoms with van der Waals surface area (Å²) < 4.78 is 0. The van der Waals surface area contributed by atoms with Gasteiger partial charge in [0.15, 0.2) is 0 Å². The van der Waals surface area contributed by atoms with Gasteiger partial charge in [-0.25, -0.2) is 0 Å². The number of hydrogen-bond donors (Lipinski definition) is 2. The molecule has 0 spiro atoms. The second-order valence-corrected chi connectivity index (χ2v) is 4.77. The Kier molecular flexibility index (Phi) is 5.50. The van der Waals surface area contributed by atoms with Crippen molar-refractivity contribution in [1.82, 2.24) is 10.6 Å². The number of benzene rings is 1. The van der Waals surface area contributed by atoms with Crippen LogP contribution in [-0.4, -0.2) is 12.6 Å². The second kappa shape index (κ2) is 6.90. The third-order valence-electron chi connectivity index (χ3n) is 2.90. The quantitative estimate of drug-likeness (QED) is 0.768. The van der Waals surface area contributed by atoms with E-state index in [-0.39, 0.29) is 6.04 Å². The van der Waals surface area contributed by atoms with Gasteiger partial charge in [0.1, 0.15) is 0 Å². The first kappa shape index (κ1) is 14.4. The zero-order valence-electron chi connectivity index (χ0n) is 11.7. The molecule has 0 heterocycles. The van der Waals surface area contributed by atoms with Crippen molar-refractivity contribution >= 4 is 5.70 Å². The van der Waals surface area contributed by atoms with Crippen LogP contribution in [0.5, 0.6) is 0 Å². The van der Waals surface area contributed by atoms with Gasteiger partial charge < -0.3 is 10.6 Å². The molecule has 18 heavy (non-hydrogen) atoms. The van der Waals surface area contributed by atoms with Crippen LogP contribution in [0.1, 0.15) is 26.3 Å². The fourth-order valence-electron chi connectivity index (χ4n) is 1.90. The third kappa shape index (κ3) is 3.95. The SMILES string of the molecule is C=C(NC(C(=C)NCC)C(C)C)c1ccccc1. The van der Waals surface area contributed by atoms with Crippen molar-refractivity contribution in [1.29, 1.82) is 0 Å². The molecular weight excluding hydrogens is 220 g/mol. The molecule has 1 atom stereocenters. The van der Waals surface area contributed by atoms with Gasteiger partial charge in [-0.3, -0.25) is 0 Å². The molecule has 0 aromatic heterocycles. The van der Waals surface area contributed by atoms with Gasteiger partial charge in [-0.05, 0) is 18.4 Å². The summed E-state index contributed by atoms with van der Waals surface area (Å²) >= 11 is 0. The van der Waals surface area contributed by atoms with Crippen LogP contribution in [0.25, 0.3) is 5.70 Å². The van der Waals surface area contributed by atoms with Crippen LogP contribution < -0.4 is 10.6 Å². The first-order valence-electron chi connectivity index (χ1n) is 6.49. The third-order valence-corrected chi connectivity index (χ3v) is 2.90. The Labute approximate surface area is 111 Å². The minimum absolute atomic E-state index is 0.192. The highest BCUT2D eigenvalue weighted by molar-refractivity contribution is 5.62. The van der Waals surface area contributed by atoms with Crippen LogP contribution in [0.3, 0.4) is 0 Å². The van der Waals surface area contributed by atoms with Gasteiger partial charge in [-0.15, -0.1) is 0 Å². The molecule has 0 amide bonds. The van der Waals surface area contributed by atoms with Crippen LogP contribution in [0.2, 0.25) is 0 Å². The molecule has 2 nitrogen and oxygen atoms in total. The number of rotatable bonds is 7. The summed E-state index contributed by atoms with van der Waals surface area (Å²) in [5, 5.41) is 6.75. The summed E-state index contributed by atoms with van der Waals surface area (Å²) in [5.74, 6) is 0.456. The molecule has 1 aromatic rings.